The third-order valence-corrected chi connectivity index (χ3v) is 6.28. The van der Waals surface area contributed by atoms with Gasteiger partial charge in [-0.1, -0.05) is 0 Å². The van der Waals surface area contributed by atoms with Gasteiger partial charge in [0.2, 0.25) is 5.91 Å². The van der Waals surface area contributed by atoms with E-state index in [4.69, 9.17) is 0 Å². The molecule has 0 spiro atoms. The highest BCUT2D eigenvalue weighted by atomic mass is 16.2. The molecule has 1 unspecified atom stereocenters. The predicted molar refractivity (Wildman–Crippen MR) is 103 cm³/mol. The number of hydrogen-bond donors (Lipinski definition) is 1. The molecule has 2 amide bonds. The van der Waals surface area contributed by atoms with Crippen LogP contribution in [-0.4, -0.2) is 64.9 Å². The Balaban J connectivity index is 1.30. The highest BCUT2D eigenvalue weighted by Gasteiger charge is 2.34. The maximum atomic E-state index is 12.8. The molecule has 0 radical (unpaired) electrons. The summed E-state index contributed by atoms with van der Waals surface area (Å²) in [5.41, 5.74) is 1.70. The number of carbonyl (C=O) groups is 2. The Labute approximate surface area is 161 Å². The van der Waals surface area contributed by atoms with Gasteiger partial charge in [0.25, 0.3) is 5.91 Å². The molecular formula is C21H30N4O2. The maximum absolute atomic E-state index is 12.8. The van der Waals surface area contributed by atoms with E-state index in [2.05, 4.69) is 15.2 Å². The molecule has 4 rings (SSSR count). The zero-order valence-corrected chi connectivity index (χ0v) is 16.2. The van der Waals surface area contributed by atoms with Gasteiger partial charge in [0, 0.05) is 44.1 Å². The van der Waals surface area contributed by atoms with E-state index in [0.717, 1.165) is 70.3 Å². The van der Waals surface area contributed by atoms with Crippen molar-refractivity contribution in [2.24, 2.45) is 5.92 Å². The van der Waals surface area contributed by atoms with Crippen LogP contribution in [0.15, 0.2) is 18.5 Å². The number of amides is 2. The fourth-order valence-corrected chi connectivity index (χ4v) is 4.39. The van der Waals surface area contributed by atoms with Gasteiger partial charge in [0.05, 0.1) is 11.5 Å². The SMILES string of the molecule is Cc1ccncc1C(=O)N1CCC(N2CCCC(C(=O)NC3CC3)C2)CC1. The standard InChI is InChI=1S/C21H30N4O2/c1-15-6-9-22-13-19(15)21(27)24-11-7-18(8-12-24)25-10-2-3-16(14-25)20(26)23-17-4-5-17/h6,9,13,16-18H,2-5,7-8,10-12,14H2,1H3,(H,23,26). The lowest BCUT2D eigenvalue weighted by atomic mass is 9.93. The number of rotatable bonds is 4. The molecule has 1 atom stereocenters. The molecule has 0 bridgehead atoms. The summed E-state index contributed by atoms with van der Waals surface area (Å²) in [4.78, 5) is 33.7. The molecule has 1 aromatic rings. The molecule has 3 heterocycles. The second-order valence-corrected chi connectivity index (χ2v) is 8.33. The number of nitrogens with zero attached hydrogens (tertiary/aromatic N) is 3. The van der Waals surface area contributed by atoms with Gasteiger partial charge < -0.3 is 10.2 Å². The summed E-state index contributed by atoms with van der Waals surface area (Å²) in [6.45, 7) is 5.48. The first kappa shape index (κ1) is 18.4. The van der Waals surface area contributed by atoms with Crippen molar-refractivity contribution >= 4 is 11.8 Å². The molecule has 1 saturated carbocycles. The normalized spacial score (nSPS) is 24.6. The van der Waals surface area contributed by atoms with Crippen molar-refractivity contribution < 1.29 is 9.59 Å². The number of pyridine rings is 1. The minimum atomic E-state index is 0.0966. The van der Waals surface area contributed by atoms with E-state index in [0.29, 0.717) is 17.6 Å². The minimum Gasteiger partial charge on any atom is -0.353 e. The predicted octanol–water partition coefficient (Wildman–Crippen LogP) is 1.99. The number of carbonyl (C=O) groups excluding carboxylic acids is 2. The van der Waals surface area contributed by atoms with E-state index in [9.17, 15) is 9.59 Å². The van der Waals surface area contributed by atoms with Crippen LogP contribution in [0.25, 0.3) is 0 Å². The molecule has 1 N–H and O–H groups in total. The molecule has 0 aromatic carbocycles. The second kappa shape index (κ2) is 7.97. The van der Waals surface area contributed by atoms with Crippen LogP contribution in [-0.2, 0) is 4.79 Å². The van der Waals surface area contributed by atoms with Crippen LogP contribution in [0, 0.1) is 12.8 Å². The summed E-state index contributed by atoms with van der Waals surface area (Å²) in [6, 6.07) is 2.82. The van der Waals surface area contributed by atoms with Crippen molar-refractivity contribution in [2.75, 3.05) is 26.2 Å². The van der Waals surface area contributed by atoms with Crippen LogP contribution in [0.3, 0.4) is 0 Å². The van der Waals surface area contributed by atoms with Gasteiger partial charge in [-0.05, 0) is 63.6 Å². The van der Waals surface area contributed by atoms with Gasteiger partial charge >= 0.3 is 0 Å². The Bertz CT molecular complexity index is 695. The van der Waals surface area contributed by atoms with Crippen LogP contribution in [0.1, 0.15) is 54.4 Å². The number of hydrogen-bond acceptors (Lipinski definition) is 4. The Morgan fingerprint density at radius 3 is 2.59 bits per heavy atom. The Hall–Kier alpha value is -1.95. The zero-order chi connectivity index (χ0) is 18.8. The summed E-state index contributed by atoms with van der Waals surface area (Å²) >= 11 is 0. The number of likely N-dealkylation sites (tertiary alicyclic amines) is 2. The molecule has 2 saturated heterocycles. The quantitative estimate of drug-likeness (QED) is 0.880. The van der Waals surface area contributed by atoms with Gasteiger partial charge in [0.1, 0.15) is 0 Å². The van der Waals surface area contributed by atoms with Gasteiger partial charge in [-0.3, -0.25) is 19.5 Å². The minimum absolute atomic E-state index is 0.0966. The van der Waals surface area contributed by atoms with Crippen molar-refractivity contribution in [2.45, 2.75) is 57.5 Å². The largest absolute Gasteiger partial charge is 0.353 e. The monoisotopic (exact) mass is 370 g/mol. The summed E-state index contributed by atoms with van der Waals surface area (Å²) in [7, 11) is 0. The third-order valence-electron chi connectivity index (χ3n) is 6.28. The average molecular weight is 370 g/mol. The first-order valence-electron chi connectivity index (χ1n) is 10.4. The molecule has 3 fully saturated rings. The highest BCUT2D eigenvalue weighted by molar-refractivity contribution is 5.95. The lowest BCUT2D eigenvalue weighted by Gasteiger charge is -2.42. The number of piperidine rings is 2. The Morgan fingerprint density at radius 2 is 1.89 bits per heavy atom. The molecule has 3 aliphatic rings. The maximum Gasteiger partial charge on any atom is 0.255 e. The smallest absolute Gasteiger partial charge is 0.255 e. The van der Waals surface area contributed by atoms with E-state index in [1.165, 1.54) is 0 Å². The molecule has 6 heteroatoms. The van der Waals surface area contributed by atoms with Crippen molar-refractivity contribution in [3.8, 4) is 0 Å². The van der Waals surface area contributed by atoms with E-state index in [1.54, 1.807) is 12.4 Å². The van der Waals surface area contributed by atoms with Gasteiger partial charge in [-0.15, -0.1) is 0 Å². The summed E-state index contributed by atoms with van der Waals surface area (Å²) in [6.07, 6.45) is 9.77. The van der Waals surface area contributed by atoms with Crippen molar-refractivity contribution in [1.82, 2.24) is 20.1 Å². The van der Waals surface area contributed by atoms with Crippen molar-refractivity contribution in [3.63, 3.8) is 0 Å². The molecule has 1 aliphatic carbocycles. The van der Waals surface area contributed by atoms with E-state index in [1.807, 2.05) is 17.9 Å². The molecule has 146 valence electrons. The first-order valence-corrected chi connectivity index (χ1v) is 10.4. The van der Waals surface area contributed by atoms with Crippen LogP contribution in [0.5, 0.6) is 0 Å². The zero-order valence-electron chi connectivity index (χ0n) is 16.2. The molecule has 27 heavy (non-hydrogen) atoms. The number of aromatic nitrogens is 1. The fraction of sp³-hybridized carbons (Fsp3) is 0.667. The van der Waals surface area contributed by atoms with Gasteiger partial charge in [-0.2, -0.15) is 0 Å². The van der Waals surface area contributed by atoms with Gasteiger partial charge in [0.15, 0.2) is 0 Å². The van der Waals surface area contributed by atoms with E-state index < -0.39 is 0 Å². The molecule has 2 aliphatic heterocycles. The van der Waals surface area contributed by atoms with Gasteiger partial charge in [-0.25, -0.2) is 0 Å². The van der Waals surface area contributed by atoms with Crippen LogP contribution in [0.2, 0.25) is 0 Å². The van der Waals surface area contributed by atoms with Crippen LogP contribution >= 0.6 is 0 Å². The first-order chi connectivity index (χ1) is 13.1. The average Bonchev–Trinajstić information content (AvgIpc) is 3.52. The molecular weight excluding hydrogens is 340 g/mol. The summed E-state index contributed by atoms with van der Waals surface area (Å²) in [5, 5.41) is 3.17. The lowest BCUT2D eigenvalue weighted by Crippen LogP contribution is -2.51. The number of aryl methyl sites for hydroxylation is 1. The number of nitrogens with one attached hydrogen (secondary N) is 1. The topological polar surface area (TPSA) is 65.5 Å². The Kier molecular flexibility index (Phi) is 5.43. The summed E-state index contributed by atoms with van der Waals surface area (Å²) in [5.74, 6) is 0.485. The van der Waals surface area contributed by atoms with E-state index >= 15 is 0 Å². The molecule has 1 aromatic heterocycles. The van der Waals surface area contributed by atoms with Crippen LogP contribution < -0.4 is 5.32 Å². The second-order valence-electron chi connectivity index (χ2n) is 8.33. The highest BCUT2D eigenvalue weighted by Crippen LogP contribution is 2.26. The Morgan fingerprint density at radius 1 is 1.11 bits per heavy atom. The van der Waals surface area contributed by atoms with Crippen LogP contribution in [0.4, 0.5) is 0 Å². The lowest BCUT2D eigenvalue weighted by molar-refractivity contribution is -0.127. The third kappa shape index (κ3) is 4.32. The molecule has 6 nitrogen and oxygen atoms in total. The van der Waals surface area contributed by atoms with Crippen molar-refractivity contribution in [3.05, 3.63) is 29.6 Å². The van der Waals surface area contributed by atoms with E-state index in [-0.39, 0.29) is 17.7 Å². The van der Waals surface area contributed by atoms with Crippen molar-refractivity contribution in [1.29, 1.82) is 0 Å². The fourth-order valence-electron chi connectivity index (χ4n) is 4.39. The summed E-state index contributed by atoms with van der Waals surface area (Å²) < 4.78 is 0.